The zero-order valence-electron chi connectivity index (χ0n) is 10.6. The van der Waals surface area contributed by atoms with Crippen molar-refractivity contribution in [2.24, 2.45) is 5.73 Å². The lowest BCUT2D eigenvalue weighted by Crippen LogP contribution is -2.10. The Hall–Kier alpha value is -1.12. The number of benzene rings is 2. The van der Waals surface area contributed by atoms with Crippen LogP contribution in [-0.2, 0) is 0 Å². The van der Waals surface area contributed by atoms with E-state index >= 15 is 0 Å². The van der Waals surface area contributed by atoms with Crippen LogP contribution in [0.25, 0.3) is 10.8 Å². The van der Waals surface area contributed by atoms with E-state index in [0.717, 1.165) is 17.3 Å². The third kappa shape index (κ3) is 3.01. The maximum Gasteiger partial charge on any atom is 0.0332 e. The summed E-state index contributed by atoms with van der Waals surface area (Å²) in [5.74, 6) is 0. The van der Waals surface area contributed by atoms with Crippen molar-refractivity contribution in [3.63, 3.8) is 0 Å². The third-order valence-electron chi connectivity index (χ3n) is 3.26. The van der Waals surface area contributed by atoms with Crippen LogP contribution in [0.5, 0.6) is 0 Å². The molecule has 0 heterocycles. The van der Waals surface area contributed by atoms with Gasteiger partial charge in [-0.25, -0.2) is 0 Å². The summed E-state index contributed by atoms with van der Waals surface area (Å²) in [4.78, 5) is 0. The van der Waals surface area contributed by atoms with Gasteiger partial charge in [-0.1, -0.05) is 53.2 Å². The Morgan fingerprint density at radius 2 is 1.89 bits per heavy atom. The van der Waals surface area contributed by atoms with Crippen LogP contribution in [0.15, 0.2) is 53.0 Å². The summed E-state index contributed by atoms with van der Waals surface area (Å²) < 4.78 is 1.10. The molecule has 0 bridgehead atoms. The molecule has 18 heavy (non-hydrogen) atoms. The molecule has 2 rings (SSSR count). The molecule has 94 valence electrons. The van der Waals surface area contributed by atoms with Crippen LogP contribution in [0.1, 0.15) is 31.4 Å². The van der Waals surface area contributed by atoms with E-state index in [2.05, 4.69) is 65.8 Å². The lowest BCUT2D eigenvalue weighted by Gasteiger charge is -2.14. The molecule has 2 heteroatoms. The maximum absolute atomic E-state index is 6.22. The van der Waals surface area contributed by atoms with Gasteiger partial charge in [-0.15, -0.1) is 0 Å². The van der Waals surface area contributed by atoms with Crippen molar-refractivity contribution in [3.05, 3.63) is 58.6 Å². The molecule has 1 nitrogen and oxygen atoms in total. The van der Waals surface area contributed by atoms with Crippen LogP contribution in [-0.4, -0.2) is 0 Å². The Labute approximate surface area is 117 Å². The Morgan fingerprint density at radius 3 is 2.61 bits per heavy atom. The van der Waals surface area contributed by atoms with Crippen molar-refractivity contribution in [2.75, 3.05) is 0 Å². The summed E-state index contributed by atoms with van der Waals surface area (Å²) in [6.07, 6.45) is 1.85. The van der Waals surface area contributed by atoms with Gasteiger partial charge in [0.25, 0.3) is 0 Å². The molecule has 0 fully saturated rings. The van der Waals surface area contributed by atoms with Gasteiger partial charge in [0.2, 0.25) is 0 Å². The van der Waals surface area contributed by atoms with Gasteiger partial charge in [0.05, 0.1) is 0 Å². The van der Waals surface area contributed by atoms with E-state index in [-0.39, 0.29) is 6.04 Å². The fourth-order valence-electron chi connectivity index (χ4n) is 2.04. The van der Waals surface area contributed by atoms with Gasteiger partial charge in [-0.05, 0) is 47.4 Å². The molecule has 0 aliphatic rings. The number of nitrogens with two attached hydrogens (primary N) is 1. The molecular weight excluding hydrogens is 286 g/mol. The highest BCUT2D eigenvalue weighted by Gasteiger charge is 2.08. The maximum atomic E-state index is 6.22. The topological polar surface area (TPSA) is 26.0 Å². The molecule has 0 aliphatic heterocycles. The predicted molar refractivity (Wildman–Crippen MR) is 82.6 cm³/mol. The summed E-state index contributed by atoms with van der Waals surface area (Å²) in [6.45, 7) is 6.14. The zero-order valence-corrected chi connectivity index (χ0v) is 12.2. The van der Waals surface area contributed by atoms with Crippen LogP contribution in [0, 0.1) is 0 Å². The van der Waals surface area contributed by atoms with E-state index in [4.69, 9.17) is 5.73 Å². The van der Waals surface area contributed by atoms with Gasteiger partial charge < -0.3 is 5.73 Å². The summed E-state index contributed by atoms with van der Waals surface area (Å²) in [7, 11) is 0. The molecule has 0 radical (unpaired) electrons. The van der Waals surface area contributed by atoms with Crippen molar-refractivity contribution in [1.29, 1.82) is 0 Å². The highest BCUT2D eigenvalue weighted by molar-refractivity contribution is 9.10. The van der Waals surface area contributed by atoms with E-state index in [1.807, 2.05) is 0 Å². The van der Waals surface area contributed by atoms with Gasteiger partial charge in [-0.3, -0.25) is 0 Å². The van der Waals surface area contributed by atoms with Crippen LogP contribution in [0.3, 0.4) is 0 Å². The summed E-state index contributed by atoms with van der Waals surface area (Å²) in [5.41, 5.74) is 8.61. The van der Waals surface area contributed by atoms with Crippen molar-refractivity contribution >= 4 is 26.7 Å². The Bertz CT molecular complexity index is 574. The molecule has 2 aromatic rings. The van der Waals surface area contributed by atoms with Gasteiger partial charge >= 0.3 is 0 Å². The lowest BCUT2D eigenvalue weighted by atomic mass is 9.97. The summed E-state index contributed by atoms with van der Waals surface area (Å²) in [5, 5.41) is 2.46. The number of rotatable bonds is 4. The van der Waals surface area contributed by atoms with E-state index in [9.17, 15) is 0 Å². The average Bonchev–Trinajstić information content (AvgIpc) is 2.37. The number of halogens is 1. The first kappa shape index (κ1) is 13.3. The average molecular weight is 304 g/mol. The molecule has 0 aromatic heterocycles. The second-order valence-electron chi connectivity index (χ2n) is 4.67. The second-order valence-corrected chi connectivity index (χ2v) is 5.58. The van der Waals surface area contributed by atoms with Gasteiger partial charge in [0.15, 0.2) is 0 Å². The molecule has 0 saturated carbocycles. The highest BCUT2D eigenvalue weighted by Crippen LogP contribution is 2.25. The van der Waals surface area contributed by atoms with Gasteiger partial charge in [-0.2, -0.15) is 0 Å². The molecule has 1 unspecified atom stereocenters. The molecule has 0 saturated heterocycles. The van der Waals surface area contributed by atoms with Crippen molar-refractivity contribution < 1.29 is 0 Å². The van der Waals surface area contributed by atoms with Crippen molar-refractivity contribution in [2.45, 2.75) is 25.8 Å². The van der Waals surface area contributed by atoms with E-state index in [1.54, 1.807) is 0 Å². The molecule has 2 N–H and O–H groups in total. The van der Waals surface area contributed by atoms with E-state index in [0.29, 0.717) is 0 Å². The number of fused-ring (bicyclic) bond motifs is 1. The van der Waals surface area contributed by atoms with E-state index < -0.39 is 0 Å². The minimum absolute atomic E-state index is 0.0468. The van der Waals surface area contributed by atoms with Gasteiger partial charge in [0, 0.05) is 10.5 Å². The fraction of sp³-hybridized carbons (Fsp3) is 0.250. The summed E-state index contributed by atoms with van der Waals surface area (Å²) >= 11 is 3.49. The minimum atomic E-state index is 0.0468. The van der Waals surface area contributed by atoms with Crippen molar-refractivity contribution in [3.8, 4) is 0 Å². The number of hydrogen-bond donors (Lipinski definition) is 1. The predicted octanol–water partition coefficient (Wildman–Crippen LogP) is 4.96. The van der Waals surface area contributed by atoms with Crippen LogP contribution in [0.2, 0.25) is 0 Å². The molecule has 0 aliphatic carbocycles. The normalized spacial score (nSPS) is 12.6. The minimum Gasteiger partial charge on any atom is -0.324 e. The highest BCUT2D eigenvalue weighted by atomic mass is 79.9. The quantitative estimate of drug-likeness (QED) is 0.794. The Balaban J connectivity index is 2.29. The number of hydrogen-bond acceptors (Lipinski definition) is 1. The molecule has 2 aromatic carbocycles. The SMILES string of the molecule is C=C(CC)CC(N)c1ccc2cc(Br)ccc2c1. The zero-order chi connectivity index (χ0) is 13.1. The smallest absolute Gasteiger partial charge is 0.0332 e. The fourth-order valence-corrected chi connectivity index (χ4v) is 2.42. The first-order valence-corrected chi connectivity index (χ1v) is 7.01. The van der Waals surface area contributed by atoms with E-state index in [1.165, 1.54) is 21.9 Å². The third-order valence-corrected chi connectivity index (χ3v) is 3.76. The standard InChI is InChI=1S/C16H18BrN/c1-3-11(2)8-16(18)14-5-4-13-10-15(17)7-6-12(13)9-14/h4-7,9-10,16H,2-3,8,18H2,1H3. The lowest BCUT2D eigenvalue weighted by molar-refractivity contribution is 0.702. The summed E-state index contributed by atoms with van der Waals surface area (Å²) in [6, 6.07) is 12.8. The molecule has 0 spiro atoms. The van der Waals surface area contributed by atoms with Crippen LogP contribution in [0.4, 0.5) is 0 Å². The second kappa shape index (κ2) is 5.68. The Morgan fingerprint density at radius 1 is 1.22 bits per heavy atom. The first-order chi connectivity index (χ1) is 8.60. The molecule has 0 amide bonds. The molecule has 1 atom stereocenters. The largest absolute Gasteiger partial charge is 0.324 e. The van der Waals surface area contributed by atoms with Crippen LogP contribution >= 0.6 is 15.9 Å². The molecular formula is C16H18BrN. The van der Waals surface area contributed by atoms with Crippen LogP contribution < -0.4 is 5.73 Å². The van der Waals surface area contributed by atoms with Crippen molar-refractivity contribution in [1.82, 2.24) is 0 Å². The monoisotopic (exact) mass is 303 g/mol. The first-order valence-electron chi connectivity index (χ1n) is 6.21. The Kier molecular flexibility index (Phi) is 4.20. The van der Waals surface area contributed by atoms with Gasteiger partial charge in [0.1, 0.15) is 0 Å².